The Hall–Kier alpha value is -2.02. The summed E-state index contributed by atoms with van der Waals surface area (Å²) in [5.74, 6) is -0.605. The van der Waals surface area contributed by atoms with Gasteiger partial charge in [-0.25, -0.2) is 4.79 Å². The number of thioether (sulfide) groups is 1. The van der Waals surface area contributed by atoms with Crippen LogP contribution < -0.4 is 11.1 Å². The third-order valence-corrected chi connectivity index (χ3v) is 3.57. The molecule has 0 heterocycles. The van der Waals surface area contributed by atoms with E-state index in [2.05, 4.69) is 5.32 Å². The Morgan fingerprint density at radius 2 is 1.95 bits per heavy atom. The lowest BCUT2D eigenvalue weighted by molar-refractivity contribution is -0.145. The zero-order valence-electron chi connectivity index (χ0n) is 11.7. The molecule has 0 aliphatic heterocycles. The third-order valence-electron chi connectivity index (χ3n) is 2.59. The van der Waals surface area contributed by atoms with E-state index in [1.54, 1.807) is 24.3 Å². The highest BCUT2D eigenvalue weighted by Crippen LogP contribution is 2.14. The van der Waals surface area contributed by atoms with E-state index in [-0.39, 0.29) is 18.1 Å². The number of rotatable bonds is 8. The molecule has 3 N–H and O–H groups in total. The van der Waals surface area contributed by atoms with Crippen LogP contribution in [0.5, 0.6) is 0 Å². The van der Waals surface area contributed by atoms with Crippen LogP contribution in [0.2, 0.25) is 0 Å². The second-order valence-electron chi connectivity index (χ2n) is 4.20. The number of methoxy groups -OCH3 is 1. The lowest BCUT2D eigenvalue weighted by atomic mass is 10.1. The lowest BCUT2D eigenvalue weighted by Gasteiger charge is -2.16. The van der Waals surface area contributed by atoms with Crippen molar-refractivity contribution in [2.24, 2.45) is 5.73 Å². The number of carbonyl (C=O) groups is 3. The van der Waals surface area contributed by atoms with Crippen molar-refractivity contribution in [2.45, 2.75) is 12.5 Å². The maximum Gasteiger partial charge on any atom is 0.333 e. The third kappa shape index (κ3) is 6.31. The summed E-state index contributed by atoms with van der Waals surface area (Å²) < 4.78 is 4.70. The molecule has 1 rings (SSSR count). The van der Waals surface area contributed by atoms with E-state index in [1.165, 1.54) is 18.9 Å². The van der Waals surface area contributed by atoms with Gasteiger partial charge in [0.15, 0.2) is 6.04 Å². The maximum atomic E-state index is 11.8. The van der Waals surface area contributed by atoms with Crippen LogP contribution in [0, 0.1) is 0 Å². The number of benzene rings is 1. The normalized spacial score (nSPS) is 11.5. The van der Waals surface area contributed by atoms with Crippen LogP contribution in [0.25, 0.3) is 0 Å². The van der Waals surface area contributed by atoms with Crippen LogP contribution in [-0.2, 0) is 19.1 Å². The van der Waals surface area contributed by atoms with Gasteiger partial charge in [0.05, 0.1) is 12.9 Å². The standard InChI is InChI=1S/C14H18N2O4S/c1-20-14(19)13(10-5-3-2-4-6-10)16-12(18)7-8-21-9-11(15)17/h2-6,13H,7-9H2,1H3,(H2,15,17)(H,16,18). The number of hydrogen-bond acceptors (Lipinski definition) is 5. The van der Waals surface area contributed by atoms with Crippen LogP contribution in [0.1, 0.15) is 18.0 Å². The second-order valence-corrected chi connectivity index (χ2v) is 5.31. The van der Waals surface area contributed by atoms with Crippen LogP contribution in [0.15, 0.2) is 30.3 Å². The Labute approximate surface area is 127 Å². The number of ether oxygens (including phenoxy) is 1. The first-order valence-electron chi connectivity index (χ1n) is 6.32. The Morgan fingerprint density at radius 1 is 1.29 bits per heavy atom. The Balaban J connectivity index is 2.55. The molecule has 2 amide bonds. The molecule has 6 nitrogen and oxygen atoms in total. The largest absolute Gasteiger partial charge is 0.467 e. The molecular formula is C14H18N2O4S. The molecular weight excluding hydrogens is 292 g/mol. The van der Waals surface area contributed by atoms with Crippen molar-refractivity contribution in [2.75, 3.05) is 18.6 Å². The van der Waals surface area contributed by atoms with Gasteiger partial charge in [-0.2, -0.15) is 11.8 Å². The minimum atomic E-state index is -0.829. The van der Waals surface area contributed by atoms with Crippen molar-refractivity contribution in [3.8, 4) is 0 Å². The number of nitrogens with one attached hydrogen (secondary N) is 1. The van der Waals surface area contributed by atoms with E-state index in [0.717, 1.165) is 0 Å². The number of nitrogens with two attached hydrogens (primary N) is 1. The average molecular weight is 310 g/mol. The van der Waals surface area contributed by atoms with Gasteiger partial charge in [-0.05, 0) is 5.56 Å². The van der Waals surface area contributed by atoms with Gasteiger partial charge in [-0.3, -0.25) is 9.59 Å². The van der Waals surface area contributed by atoms with Gasteiger partial charge in [-0.15, -0.1) is 0 Å². The Morgan fingerprint density at radius 3 is 2.52 bits per heavy atom. The summed E-state index contributed by atoms with van der Waals surface area (Å²) in [5.41, 5.74) is 5.66. The molecule has 0 fully saturated rings. The first-order valence-corrected chi connectivity index (χ1v) is 7.48. The Kier molecular flexibility index (Phi) is 7.31. The van der Waals surface area contributed by atoms with Gasteiger partial charge in [0.2, 0.25) is 11.8 Å². The molecule has 0 aliphatic carbocycles. The fourth-order valence-electron chi connectivity index (χ4n) is 1.61. The van der Waals surface area contributed by atoms with Crippen molar-refractivity contribution in [1.82, 2.24) is 5.32 Å². The Bertz CT molecular complexity index is 493. The summed E-state index contributed by atoms with van der Waals surface area (Å²) in [6, 6.07) is 8.03. The first-order chi connectivity index (χ1) is 10.0. The maximum absolute atomic E-state index is 11.8. The van der Waals surface area contributed by atoms with Crippen molar-refractivity contribution in [3.63, 3.8) is 0 Å². The number of primary amides is 1. The lowest BCUT2D eigenvalue weighted by Crippen LogP contribution is -2.34. The molecule has 21 heavy (non-hydrogen) atoms. The summed E-state index contributed by atoms with van der Waals surface area (Å²) >= 11 is 1.28. The van der Waals surface area contributed by atoms with Crippen molar-refractivity contribution >= 4 is 29.5 Å². The van der Waals surface area contributed by atoms with Crippen LogP contribution in [-0.4, -0.2) is 36.4 Å². The monoisotopic (exact) mass is 310 g/mol. The molecule has 0 saturated heterocycles. The van der Waals surface area contributed by atoms with E-state index >= 15 is 0 Å². The molecule has 1 aromatic carbocycles. The quantitative estimate of drug-likeness (QED) is 0.542. The van der Waals surface area contributed by atoms with Crippen molar-refractivity contribution in [1.29, 1.82) is 0 Å². The molecule has 7 heteroatoms. The van der Waals surface area contributed by atoms with Gasteiger partial charge < -0.3 is 15.8 Å². The highest BCUT2D eigenvalue weighted by molar-refractivity contribution is 7.99. The molecule has 0 aliphatic rings. The van der Waals surface area contributed by atoms with Crippen molar-refractivity contribution in [3.05, 3.63) is 35.9 Å². The fraction of sp³-hybridized carbons (Fsp3) is 0.357. The van der Waals surface area contributed by atoms with E-state index in [4.69, 9.17) is 10.5 Å². The SMILES string of the molecule is COC(=O)C(NC(=O)CCSCC(N)=O)c1ccccc1. The van der Waals surface area contributed by atoms with E-state index in [1.807, 2.05) is 6.07 Å². The number of amides is 2. The summed E-state index contributed by atoms with van der Waals surface area (Å²) in [4.78, 5) is 34.2. The predicted octanol–water partition coefficient (Wildman–Crippen LogP) is 0.626. The van der Waals surface area contributed by atoms with Gasteiger partial charge in [0.1, 0.15) is 0 Å². The minimum absolute atomic E-state index is 0.173. The van der Waals surface area contributed by atoms with E-state index in [0.29, 0.717) is 11.3 Å². The summed E-state index contributed by atoms with van der Waals surface area (Å²) in [6.45, 7) is 0. The van der Waals surface area contributed by atoms with Gasteiger partial charge in [0.25, 0.3) is 0 Å². The van der Waals surface area contributed by atoms with E-state index < -0.39 is 17.9 Å². The fourth-order valence-corrected chi connectivity index (χ4v) is 2.29. The topological polar surface area (TPSA) is 98.5 Å². The number of esters is 1. The van der Waals surface area contributed by atoms with Crippen LogP contribution in [0.4, 0.5) is 0 Å². The van der Waals surface area contributed by atoms with Crippen molar-refractivity contribution < 1.29 is 19.1 Å². The van der Waals surface area contributed by atoms with Crippen LogP contribution >= 0.6 is 11.8 Å². The number of carbonyl (C=O) groups excluding carboxylic acids is 3. The van der Waals surface area contributed by atoms with E-state index in [9.17, 15) is 14.4 Å². The first kappa shape index (κ1) is 17.0. The summed E-state index contributed by atoms with van der Waals surface area (Å²) in [5, 5.41) is 2.63. The molecule has 0 saturated carbocycles. The summed E-state index contributed by atoms with van der Waals surface area (Å²) in [6.07, 6.45) is 0.193. The smallest absolute Gasteiger partial charge is 0.333 e. The summed E-state index contributed by atoms with van der Waals surface area (Å²) in [7, 11) is 1.27. The zero-order chi connectivity index (χ0) is 15.7. The molecule has 1 unspecified atom stereocenters. The van der Waals surface area contributed by atoms with Gasteiger partial charge in [0, 0.05) is 12.2 Å². The van der Waals surface area contributed by atoms with Gasteiger partial charge >= 0.3 is 5.97 Å². The molecule has 0 radical (unpaired) electrons. The second kappa shape index (κ2) is 9.02. The molecule has 0 aromatic heterocycles. The molecule has 0 bridgehead atoms. The number of hydrogen-bond donors (Lipinski definition) is 2. The molecule has 1 atom stereocenters. The average Bonchev–Trinajstić information content (AvgIpc) is 2.49. The van der Waals surface area contributed by atoms with Gasteiger partial charge in [-0.1, -0.05) is 30.3 Å². The molecule has 0 spiro atoms. The molecule has 114 valence electrons. The minimum Gasteiger partial charge on any atom is -0.467 e. The zero-order valence-corrected chi connectivity index (χ0v) is 12.5. The van der Waals surface area contributed by atoms with Crippen LogP contribution in [0.3, 0.4) is 0 Å². The highest BCUT2D eigenvalue weighted by atomic mass is 32.2. The highest BCUT2D eigenvalue weighted by Gasteiger charge is 2.22. The predicted molar refractivity (Wildman–Crippen MR) is 80.5 cm³/mol. The molecule has 1 aromatic rings.